The first-order valence-electron chi connectivity index (χ1n) is 9.42. The first-order valence-corrected chi connectivity index (χ1v) is 9.42. The van der Waals surface area contributed by atoms with Crippen molar-refractivity contribution in [2.24, 2.45) is 11.7 Å². The van der Waals surface area contributed by atoms with Crippen molar-refractivity contribution in [2.75, 3.05) is 19.7 Å². The van der Waals surface area contributed by atoms with E-state index in [0.29, 0.717) is 12.5 Å². The topological polar surface area (TPSA) is 55.6 Å². The van der Waals surface area contributed by atoms with E-state index in [1.807, 2.05) is 35.2 Å². The number of carbonyl (C=O) groups is 1. The summed E-state index contributed by atoms with van der Waals surface area (Å²) < 4.78 is 6.08. The fraction of sp³-hybridized carbons (Fsp3) is 0.650. The molecule has 1 aromatic rings. The normalized spacial score (nSPS) is 20.3. The van der Waals surface area contributed by atoms with Gasteiger partial charge in [0.25, 0.3) is 0 Å². The highest BCUT2D eigenvalue weighted by atomic mass is 35.5. The minimum atomic E-state index is -0.213. The van der Waals surface area contributed by atoms with Gasteiger partial charge in [-0.1, -0.05) is 43.2 Å². The Bertz CT molecular complexity index is 512. The smallest absolute Gasteiger partial charge is 0.224 e. The van der Waals surface area contributed by atoms with Gasteiger partial charge in [0.15, 0.2) is 0 Å². The Labute approximate surface area is 157 Å². The Morgan fingerprint density at radius 1 is 1.12 bits per heavy atom. The van der Waals surface area contributed by atoms with Gasteiger partial charge in [-0.2, -0.15) is 0 Å². The number of rotatable bonds is 6. The number of nitrogens with two attached hydrogens (primary N) is 1. The van der Waals surface area contributed by atoms with E-state index >= 15 is 0 Å². The van der Waals surface area contributed by atoms with Crippen molar-refractivity contribution in [2.45, 2.75) is 57.1 Å². The van der Waals surface area contributed by atoms with Crippen molar-refractivity contribution in [3.05, 3.63) is 35.9 Å². The van der Waals surface area contributed by atoms with Crippen LogP contribution in [0.1, 0.15) is 56.6 Å². The van der Waals surface area contributed by atoms with Crippen LogP contribution in [0.4, 0.5) is 0 Å². The number of benzene rings is 1. The highest BCUT2D eigenvalue weighted by Gasteiger charge is 2.25. The van der Waals surface area contributed by atoms with Gasteiger partial charge in [-0.05, 0) is 37.2 Å². The average Bonchev–Trinajstić information content (AvgIpc) is 3.14. The number of amides is 1. The molecule has 1 aliphatic carbocycles. The number of carbonyl (C=O) groups excluding carboxylic acids is 1. The molecule has 3 rings (SSSR count). The van der Waals surface area contributed by atoms with Gasteiger partial charge in [-0.3, -0.25) is 4.79 Å². The highest BCUT2D eigenvalue weighted by molar-refractivity contribution is 5.85. The molecule has 0 aromatic heterocycles. The number of ether oxygens (including phenoxy) is 1. The van der Waals surface area contributed by atoms with Crippen molar-refractivity contribution in [1.29, 1.82) is 0 Å². The maximum Gasteiger partial charge on any atom is 0.224 e. The molecule has 1 aromatic carbocycles. The number of nitrogens with zero attached hydrogens (tertiary/aromatic N) is 1. The zero-order valence-corrected chi connectivity index (χ0v) is 15.8. The molecule has 1 aliphatic heterocycles. The monoisotopic (exact) mass is 366 g/mol. The predicted molar refractivity (Wildman–Crippen MR) is 103 cm³/mol. The molecule has 2 fully saturated rings. The van der Waals surface area contributed by atoms with Gasteiger partial charge >= 0.3 is 0 Å². The van der Waals surface area contributed by atoms with Crippen LogP contribution in [0, 0.1) is 5.92 Å². The highest BCUT2D eigenvalue weighted by Crippen LogP contribution is 2.26. The molecule has 4 nitrogen and oxygen atoms in total. The maximum absolute atomic E-state index is 12.5. The van der Waals surface area contributed by atoms with Crippen molar-refractivity contribution >= 4 is 18.3 Å². The lowest BCUT2D eigenvalue weighted by Gasteiger charge is -2.33. The van der Waals surface area contributed by atoms with E-state index in [-0.39, 0.29) is 24.4 Å². The second-order valence-corrected chi connectivity index (χ2v) is 7.29. The van der Waals surface area contributed by atoms with Crippen LogP contribution in [0.5, 0.6) is 0 Å². The second kappa shape index (κ2) is 10.1. The van der Waals surface area contributed by atoms with E-state index in [2.05, 4.69) is 0 Å². The van der Waals surface area contributed by atoms with E-state index in [1.165, 1.54) is 25.7 Å². The molecule has 140 valence electrons. The Kier molecular flexibility index (Phi) is 8.20. The van der Waals surface area contributed by atoms with Crippen LogP contribution < -0.4 is 5.73 Å². The summed E-state index contributed by atoms with van der Waals surface area (Å²) in [4.78, 5) is 14.4. The molecule has 5 heteroatoms. The van der Waals surface area contributed by atoms with Crippen LogP contribution >= 0.6 is 12.4 Å². The second-order valence-electron chi connectivity index (χ2n) is 7.29. The van der Waals surface area contributed by atoms with Crippen molar-refractivity contribution in [1.82, 2.24) is 4.90 Å². The lowest BCUT2D eigenvalue weighted by Crippen LogP contribution is -2.42. The quantitative estimate of drug-likeness (QED) is 0.835. The van der Waals surface area contributed by atoms with E-state index in [9.17, 15) is 4.79 Å². The molecule has 0 bridgehead atoms. The molecular weight excluding hydrogens is 336 g/mol. The summed E-state index contributed by atoms with van der Waals surface area (Å²) >= 11 is 0. The fourth-order valence-electron chi connectivity index (χ4n) is 3.86. The lowest BCUT2D eigenvalue weighted by atomic mass is 10.0. The van der Waals surface area contributed by atoms with Crippen molar-refractivity contribution in [3.63, 3.8) is 0 Å². The number of hydrogen-bond acceptors (Lipinski definition) is 3. The number of halogens is 1. The van der Waals surface area contributed by atoms with Gasteiger partial charge in [-0.15, -0.1) is 12.4 Å². The zero-order chi connectivity index (χ0) is 16.8. The average molecular weight is 367 g/mol. The van der Waals surface area contributed by atoms with Gasteiger partial charge in [0.05, 0.1) is 6.10 Å². The number of likely N-dealkylation sites (tertiary alicyclic amines) is 1. The fourth-order valence-corrected chi connectivity index (χ4v) is 3.86. The Morgan fingerprint density at radius 3 is 2.40 bits per heavy atom. The Morgan fingerprint density at radius 2 is 1.76 bits per heavy atom. The molecule has 0 radical (unpaired) electrons. The van der Waals surface area contributed by atoms with Crippen molar-refractivity contribution < 1.29 is 9.53 Å². The molecule has 2 N–H and O–H groups in total. The third-order valence-corrected chi connectivity index (χ3v) is 5.46. The van der Waals surface area contributed by atoms with E-state index in [1.54, 1.807) is 0 Å². The first-order chi connectivity index (χ1) is 11.7. The maximum atomic E-state index is 12.5. The molecule has 1 heterocycles. The summed E-state index contributed by atoms with van der Waals surface area (Å²) in [5.41, 5.74) is 7.20. The van der Waals surface area contributed by atoms with E-state index < -0.39 is 0 Å². The Balaban J connectivity index is 0.00000225. The summed E-state index contributed by atoms with van der Waals surface area (Å²) in [5, 5.41) is 0. The Hall–Kier alpha value is -1.10. The molecule has 1 saturated carbocycles. The third-order valence-electron chi connectivity index (χ3n) is 5.46. The first kappa shape index (κ1) is 20.2. The SMILES string of the molecule is Cl.NC(CC(=O)N1CCC(OCC2CCCC2)CC1)c1ccccc1. The van der Waals surface area contributed by atoms with Crippen LogP contribution in [0.15, 0.2) is 30.3 Å². The summed E-state index contributed by atoms with van der Waals surface area (Å²) in [7, 11) is 0. The summed E-state index contributed by atoms with van der Waals surface area (Å²) in [6.07, 6.45) is 8.02. The molecule has 1 saturated heterocycles. The predicted octanol–water partition coefficient (Wildman–Crippen LogP) is 3.70. The summed E-state index contributed by atoms with van der Waals surface area (Å²) in [6.45, 7) is 2.52. The minimum Gasteiger partial charge on any atom is -0.378 e. The lowest BCUT2D eigenvalue weighted by molar-refractivity contribution is -0.134. The zero-order valence-electron chi connectivity index (χ0n) is 14.9. The molecule has 2 aliphatic rings. The van der Waals surface area contributed by atoms with Gasteiger partial charge < -0.3 is 15.4 Å². The molecule has 1 atom stereocenters. The summed E-state index contributed by atoms with van der Waals surface area (Å²) in [6, 6.07) is 9.66. The number of piperidine rings is 1. The minimum absolute atomic E-state index is 0. The van der Waals surface area contributed by atoms with Crippen LogP contribution in [0.2, 0.25) is 0 Å². The van der Waals surface area contributed by atoms with E-state index in [0.717, 1.165) is 44.0 Å². The molecule has 1 amide bonds. The van der Waals surface area contributed by atoms with Crippen LogP contribution in [0.3, 0.4) is 0 Å². The molecule has 0 spiro atoms. The standard InChI is InChI=1S/C20H30N2O2.ClH/c21-19(17-8-2-1-3-9-17)14-20(23)22-12-10-18(11-13-22)24-15-16-6-4-5-7-16;/h1-3,8-9,16,18-19H,4-7,10-15,21H2;1H. The van der Waals surface area contributed by atoms with Gasteiger partial charge in [0.1, 0.15) is 0 Å². The van der Waals surface area contributed by atoms with Crippen LogP contribution in [-0.2, 0) is 9.53 Å². The van der Waals surface area contributed by atoms with Gasteiger partial charge in [0.2, 0.25) is 5.91 Å². The molecular formula is C20H31ClN2O2. The van der Waals surface area contributed by atoms with Crippen LogP contribution in [-0.4, -0.2) is 36.6 Å². The third kappa shape index (κ3) is 5.98. The largest absolute Gasteiger partial charge is 0.378 e. The van der Waals surface area contributed by atoms with Gasteiger partial charge in [-0.25, -0.2) is 0 Å². The van der Waals surface area contributed by atoms with Crippen molar-refractivity contribution in [3.8, 4) is 0 Å². The van der Waals surface area contributed by atoms with E-state index in [4.69, 9.17) is 10.5 Å². The van der Waals surface area contributed by atoms with Gasteiger partial charge in [0, 0.05) is 32.2 Å². The molecule has 25 heavy (non-hydrogen) atoms. The number of hydrogen-bond donors (Lipinski definition) is 1. The molecule has 1 unspecified atom stereocenters. The van der Waals surface area contributed by atoms with Crippen LogP contribution in [0.25, 0.3) is 0 Å². The summed E-state index contributed by atoms with van der Waals surface area (Å²) in [5.74, 6) is 0.939.